The van der Waals surface area contributed by atoms with E-state index in [1.807, 2.05) is 36.7 Å². The monoisotopic (exact) mass is 416 g/mol. The molecule has 1 aliphatic heterocycles. The van der Waals surface area contributed by atoms with Crippen molar-refractivity contribution in [3.8, 4) is 11.5 Å². The molecule has 1 unspecified atom stereocenters. The smallest absolute Gasteiger partial charge is 0.137 e. The van der Waals surface area contributed by atoms with Gasteiger partial charge in [-0.2, -0.15) is 0 Å². The van der Waals surface area contributed by atoms with Gasteiger partial charge in [-0.3, -0.25) is 4.98 Å². The Balaban J connectivity index is 1.07. The molecule has 0 spiro atoms. The summed E-state index contributed by atoms with van der Waals surface area (Å²) in [6.45, 7) is 4.02. The van der Waals surface area contributed by atoms with Crippen LogP contribution in [0, 0.1) is 5.92 Å². The summed E-state index contributed by atoms with van der Waals surface area (Å²) < 4.78 is 17.3. The quantitative estimate of drug-likeness (QED) is 0.518. The fourth-order valence-corrected chi connectivity index (χ4v) is 3.72. The van der Waals surface area contributed by atoms with Gasteiger partial charge in [-0.15, -0.1) is 0 Å². The molecule has 4 rings (SSSR count). The van der Waals surface area contributed by atoms with Gasteiger partial charge in [0.25, 0.3) is 0 Å². The molecule has 1 aromatic carbocycles. The molecule has 2 heterocycles. The van der Waals surface area contributed by atoms with Gasteiger partial charge in [-0.1, -0.05) is 11.6 Å². The molecule has 2 aliphatic rings. The Morgan fingerprint density at radius 2 is 1.90 bits per heavy atom. The molecular formula is C23H29ClN2O3. The van der Waals surface area contributed by atoms with Crippen LogP contribution in [0.1, 0.15) is 37.2 Å². The van der Waals surface area contributed by atoms with Crippen molar-refractivity contribution >= 4 is 11.6 Å². The average molecular weight is 417 g/mol. The number of pyridine rings is 1. The number of benzene rings is 1. The van der Waals surface area contributed by atoms with Crippen molar-refractivity contribution in [2.75, 3.05) is 33.0 Å². The molecule has 1 aromatic heterocycles. The molecule has 5 nitrogen and oxygen atoms in total. The highest BCUT2D eigenvalue weighted by Gasteiger charge is 2.38. The van der Waals surface area contributed by atoms with Crippen molar-refractivity contribution in [1.82, 2.24) is 10.3 Å². The Labute approximate surface area is 177 Å². The van der Waals surface area contributed by atoms with Gasteiger partial charge >= 0.3 is 0 Å². The van der Waals surface area contributed by atoms with Crippen LogP contribution in [-0.4, -0.2) is 44.0 Å². The first-order valence-electron chi connectivity index (χ1n) is 10.5. The minimum atomic E-state index is 0.501. The van der Waals surface area contributed by atoms with Gasteiger partial charge in [-0.05, 0) is 73.5 Å². The topological polar surface area (TPSA) is 52.6 Å². The Kier molecular flexibility index (Phi) is 7.25. The fraction of sp³-hybridized carbons (Fsp3) is 0.522. The van der Waals surface area contributed by atoms with Crippen molar-refractivity contribution in [2.24, 2.45) is 5.92 Å². The number of aromatic nitrogens is 1. The Morgan fingerprint density at radius 1 is 1.03 bits per heavy atom. The number of nitrogens with zero attached hydrogens (tertiary/aromatic N) is 1. The van der Waals surface area contributed by atoms with E-state index in [1.165, 1.54) is 18.4 Å². The third kappa shape index (κ3) is 6.33. The molecule has 2 aromatic rings. The summed E-state index contributed by atoms with van der Waals surface area (Å²) in [5.41, 5.74) is 1.30. The number of hydrogen-bond acceptors (Lipinski definition) is 5. The molecule has 156 valence electrons. The Hall–Kier alpha value is -1.82. The molecule has 0 radical (unpaired) electrons. The molecule has 1 saturated carbocycles. The zero-order chi connectivity index (χ0) is 19.9. The molecule has 1 N–H and O–H groups in total. The van der Waals surface area contributed by atoms with Gasteiger partial charge in [0.15, 0.2) is 0 Å². The van der Waals surface area contributed by atoms with E-state index >= 15 is 0 Å². The highest BCUT2D eigenvalue weighted by Crippen LogP contribution is 2.49. The summed E-state index contributed by atoms with van der Waals surface area (Å²) in [6, 6.07) is 10.1. The molecular weight excluding hydrogens is 388 g/mol. The third-order valence-corrected chi connectivity index (χ3v) is 5.86. The summed E-state index contributed by atoms with van der Waals surface area (Å²) in [7, 11) is 0. The maximum atomic E-state index is 5.87. The van der Waals surface area contributed by atoms with Crippen LogP contribution in [0.15, 0.2) is 42.7 Å². The molecule has 29 heavy (non-hydrogen) atoms. The van der Waals surface area contributed by atoms with Crippen LogP contribution in [0.2, 0.25) is 5.02 Å². The number of ether oxygens (including phenoxy) is 3. The van der Waals surface area contributed by atoms with Crippen LogP contribution in [0.4, 0.5) is 0 Å². The van der Waals surface area contributed by atoms with E-state index in [0.717, 1.165) is 55.7 Å². The van der Waals surface area contributed by atoms with E-state index in [0.29, 0.717) is 24.5 Å². The minimum Gasteiger partial charge on any atom is -0.494 e. The lowest BCUT2D eigenvalue weighted by Crippen LogP contribution is -2.46. The van der Waals surface area contributed by atoms with Gasteiger partial charge in [0, 0.05) is 36.9 Å². The molecule has 3 atom stereocenters. The van der Waals surface area contributed by atoms with Crippen LogP contribution in [0.5, 0.6) is 11.5 Å². The van der Waals surface area contributed by atoms with Crippen molar-refractivity contribution in [3.63, 3.8) is 0 Å². The lowest BCUT2D eigenvalue weighted by molar-refractivity contribution is 0.114. The van der Waals surface area contributed by atoms with Crippen molar-refractivity contribution in [3.05, 3.63) is 53.3 Å². The van der Waals surface area contributed by atoms with Gasteiger partial charge in [0.05, 0.1) is 12.8 Å². The van der Waals surface area contributed by atoms with E-state index in [9.17, 15) is 0 Å². The maximum Gasteiger partial charge on any atom is 0.137 e. The third-order valence-electron chi connectivity index (χ3n) is 5.61. The SMILES string of the molecule is Clc1ccc(OCCCOCC[C@@H]2CC2c2cncc(OC[C@@H]3CCN3)c2)cc1. The Bertz CT molecular complexity index is 767. The van der Waals surface area contributed by atoms with Crippen molar-refractivity contribution in [2.45, 2.75) is 37.6 Å². The molecule has 1 saturated heterocycles. The number of rotatable bonds is 12. The minimum absolute atomic E-state index is 0.501. The van der Waals surface area contributed by atoms with E-state index in [-0.39, 0.29) is 0 Å². The predicted octanol–water partition coefficient (Wildman–Crippen LogP) is 4.46. The molecule has 1 aliphatic carbocycles. The van der Waals surface area contributed by atoms with Crippen LogP contribution < -0.4 is 14.8 Å². The fourth-order valence-electron chi connectivity index (χ4n) is 3.60. The first-order valence-corrected chi connectivity index (χ1v) is 10.9. The van der Waals surface area contributed by atoms with Crippen molar-refractivity contribution in [1.29, 1.82) is 0 Å². The van der Waals surface area contributed by atoms with Gasteiger partial charge < -0.3 is 19.5 Å². The molecule has 2 fully saturated rings. The van der Waals surface area contributed by atoms with E-state index in [2.05, 4.69) is 16.4 Å². The first-order chi connectivity index (χ1) is 14.3. The second kappa shape index (κ2) is 10.3. The zero-order valence-electron chi connectivity index (χ0n) is 16.7. The van der Waals surface area contributed by atoms with Crippen LogP contribution in [0.25, 0.3) is 0 Å². The highest BCUT2D eigenvalue weighted by molar-refractivity contribution is 6.30. The number of halogens is 1. The van der Waals surface area contributed by atoms with E-state index < -0.39 is 0 Å². The summed E-state index contributed by atoms with van der Waals surface area (Å²) in [4.78, 5) is 4.36. The van der Waals surface area contributed by atoms with Crippen LogP contribution in [-0.2, 0) is 4.74 Å². The predicted molar refractivity (Wildman–Crippen MR) is 114 cm³/mol. The highest BCUT2D eigenvalue weighted by atomic mass is 35.5. The Morgan fingerprint density at radius 3 is 2.69 bits per heavy atom. The molecule has 0 amide bonds. The average Bonchev–Trinajstić information content (AvgIpc) is 3.47. The molecule has 0 bridgehead atoms. The number of hydrogen-bond donors (Lipinski definition) is 1. The summed E-state index contributed by atoms with van der Waals surface area (Å²) in [5, 5.41) is 4.07. The van der Waals surface area contributed by atoms with Gasteiger partial charge in [0.2, 0.25) is 0 Å². The van der Waals surface area contributed by atoms with Gasteiger partial charge in [-0.25, -0.2) is 0 Å². The summed E-state index contributed by atoms with van der Waals surface area (Å²) >= 11 is 5.86. The first kappa shape index (κ1) is 20.5. The standard InChI is InChI=1S/C23H29ClN2O3/c24-19-2-4-21(5-3-19)28-10-1-9-27-11-7-17-13-23(17)18-12-22(15-25-14-18)29-16-20-6-8-26-20/h2-5,12,14-15,17,20,23,26H,1,6-11,13,16H2/t17-,20+,23?/m1/s1. The van der Waals surface area contributed by atoms with E-state index in [4.69, 9.17) is 25.8 Å². The normalized spacial score (nSPS) is 22.7. The van der Waals surface area contributed by atoms with Crippen LogP contribution >= 0.6 is 11.6 Å². The number of nitrogens with one attached hydrogen (secondary N) is 1. The second-order valence-corrected chi connectivity index (χ2v) is 8.30. The largest absolute Gasteiger partial charge is 0.494 e. The van der Waals surface area contributed by atoms with Crippen LogP contribution in [0.3, 0.4) is 0 Å². The lowest BCUT2D eigenvalue weighted by atomic mass is 10.1. The maximum absolute atomic E-state index is 5.87. The zero-order valence-corrected chi connectivity index (χ0v) is 17.4. The molecule has 6 heteroatoms. The summed E-state index contributed by atoms with van der Waals surface area (Å²) in [6.07, 6.45) is 8.20. The second-order valence-electron chi connectivity index (χ2n) is 7.86. The van der Waals surface area contributed by atoms with E-state index in [1.54, 1.807) is 0 Å². The van der Waals surface area contributed by atoms with Gasteiger partial charge in [0.1, 0.15) is 18.1 Å². The lowest BCUT2D eigenvalue weighted by Gasteiger charge is -2.27. The summed E-state index contributed by atoms with van der Waals surface area (Å²) in [5.74, 6) is 3.04. The van der Waals surface area contributed by atoms with Crippen molar-refractivity contribution < 1.29 is 14.2 Å².